The molecule has 7 heteroatoms. The third kappa shape index (κ3) is 5.24. The van der Waals surface area contributed by atoms with E-state index < -0.39 is 11.9 Å². The lowest BCUT2D eigenvalue weighted by Crippen LogP contribution is -2.22. The van der Waals surface area contributed by atoms with Crippen LogP contribution in [-0.4, -0.2) is 25.2 Å². The lowest BCUT2D eigenvalue weighted by molar-refractivity contribution is -0.115. The molecule has 140 valence electrons. The summed E-state index contributed by atoms with van der Waals surface area (Å²) in [5.74, 6) is 1.01. The molecule has 0 atom stereocenters. The molecule has 1 aliphatic heterocycles. The molecule has 0 saturated carbocycles. The Bertz CT molecular complexity index is 895. The topological polar surface area (TPSA) is 76.7 Å². The SMILES string of the molecule is Cc1cc(OCCCOc2cccc(C=C3NC(=O)NC3=O)c2)ccc1Cl. The van der Waals surface area contributed by atoms with Crippen molar-refractivity contribution < 1.29 is 19.1 Å². The second-order valence-electron chi connectivity index (χ2n) is 6.00. The van der Waals surface area contributed by atoms with Crippen molar-refractivity contribution in [1.29, 1.82) is 0 Å². The van der Waals surface area contributed by atoms with Gasteiger partial charge >= 0.3 is 6.03 Å². The number of halogens is 1. The quantitative estimate of drug-likeness (QED) is 0.432. The molecule has 1 fully saturated rings. The summed E-state index contributed by atoms with van der Waals surface area (Å²) in [4.78, 5) is 22.7. The fraction of sp³-hybridized carbons (Fsp3) is 0.200. The van der Waals surface area contributed by atoms with E-state index in [-0.39, 0.29) is 5.70 Å². The fourth-order valence-electron chi connectivity index (χ4n) is 2.49. The predicted octanol–water partition coefficient (Wildman–Crippen LogP) is 3.68. The van der Waals surface area contributed by atoms with Gasteiger partial charge in [0.1, 0.15) is 17.2 Å². The second-order valence-corrected chi connectivity index (χ2v) is 6.41. The van der Waals surface area contributed by atoms with Gasteiger partial charge in [-0.25, -0.2) is 4.79 Å². The van der Waals surface area contributed by atoms with E-state index >= 15 is 0 Å². The number of carbonyl (C=O) groups excluding carboxylic acids is 2. The van der Waals surface area contributed by atoms with Crippen molar-refractivity contribution in [2.75, 3.05) is 13.2 Å². The Morgan fingerprint density at radius 1 is 1.00 bits per heavy atom. The van der Waals surface area contributed by atoms with Crippen LogP contribution in [-0.2, 0) is 4.79 Å². The summed E-state index contributed by atoms with van der Waals surface area (Å²) in [6.45, 7) is 2.95. The number of carbonyl (C=O) groups is 2. The van der Waals surface area contributed by atoms with E-state index in [9.17, 15) is 9.59 Å². The van der Waals surface area contributed by atoms with Gasteiger partial charge in [0.25, 0.3) is 5.91 Å². The molecule has 0 aliphatic carbocycles. The summed E-state index contributed by atoms with van der Waals surface area (Å²) in [5.41, 5.74) is 1.94. The van der Waals surface area contributed by atoms with Gasteiger partial charge in [-0.05, 0) is 54.5 Å². The van der Waals surface area contributed by atoms with Gasteiger partial charge in [-0.2, -0.15) is 0 Å². The monoisotopic (exact) mass is 386 g/mol. The molecule has 0 aromatic heterocycles. The van der Waals surface area contributed by atoms with E-state index in [1.807, 2.05) is 43.3 Å². The van der Waals surface area contributed by atoms with Gasteiger partial charge in [0.15, 0.2) is 0 Å². The van der Waals surface area contributed by atoms with Crippen LogP contribution >= 0.6 is 11.6 Å². The van der Waals surface area contributed by atoms with Crippen LogP contribution in [0.25, 0.3) is 6.08 Å². The Balaban J connectivity index is 1.47. The largest absolute Gasteiger partial charge is 0.493 e. The lowest BCUT2D eigenvalue weighted by Gasteiger charge is -2.09. The molecule has 3 amide bonds. The zero-order valence-corrected chi connectivity index (χ0v) is 15.5. The highest BCUT2D eigenvalue weighted by Gasteiger charge is 2.22. The van der Waals surface area contributed by atoms with Gasteiger partial charge in [0, 0.05) is 11.4 Å². The highest BCUT2D eigenvalue weighted by molar-refractivity contribution is 6.31. The molecule has 3 rings (SSSR count). The average molecular weight is 387 g/mol. The number of amides is 3. The number of urea groups is 1. The van der Waals surface area contributed by atoms with Crippen molar-refractivity contribution in [3.8, 4) is 11.5 Å². The van der Waals surface area contributed by atoms with Crippen molar-refractivity contribution in [3.05, 3.63) is 64.3 Å². The number of imide groups is 1. The molecule has 2 aromatic carbocycles. The number of hydrogen-bond donors (Lipinski definition) is 2. The van der Waals surface area contributed by atoms with Crippen LogP contribution in [0, 0.1) is 6.92 Å². The molecule has 0 spiro atoms. The van der Waals surface area contributed by atoms with E-state index in [0.29, 0.717) is 25.4 Å². The molecule has 27 heavy (non-hydrogen) atoms. The summed E-state index contributed by atoms with van der Waals surface area (Å²) in [5, 5.41) is 5.33. The van der Waals surface area contributed by atoms with Crippen LogP contribution in [0.1, 0.15) is 17.5 Å². The maximum absolute atomic E-state index is 11.6. The summed E-state index contributed by atoms with van der Waals surface area (Å²) >= 11 is 5.99. The highest BCUT2D eigenvalue weighted by atomic mass is 35.5. The first-order valence-electron chi connectivity index (χ1n) is 8.47. The summed E-state index contributed by atoms with van der Waals surface area (Å²) in [6.07, 6.45) is 2.31. The fourth-order valence-corrected chi connectivity index (χ4v) is 2.61. The minimum atomic E-state index is -0.519. The Kier molecular flexibility index (Phi) is 5.98. The minimum absolute atomic E-state index is 0.212. The molecule has 1 saturated heterocycles. The van der Waals surface area contributed by atoms with E-state index in [0.717, 1.165) is 21.9 Å². The molecule has 0 radical (unpaired) electrons. The minimum Gasteiger partial charge on any atom is -0.493 e. The Hall–Kier alpha value is -2.99. The van der Waals surface area contributed by atoms with Crippen LogP contribution < -0.4 is 20.1 Å². The zero-order chi connectivity index (χ0) is 19.2. The third-order valence-electron chi connectivity index (χ3n) is 3.84. The first kappa shape index (κ1) is 18.8. The molecule has 1 aliphatic rings. The van der Waals surface area contributed by atoms with Crippen LogP contribution in [0.3, 0.4) is 0 Å². The summed E-state index contributed by atoms with van der Waals surface area (Å²) < 4.78 is 11.4. The lowest BCUT2D eigenvalue weighted by atomic mass is 10.2. The van der Waals surface area contributed by atoms with E-state index in [4.69, 9.17) is 21.1 Å². The Morgan fingerprint density at radius 3 is 2.41 bits per heavy atom. The van der Waals surface area contributed by atoms with Crippen LogP contribution in [0.5, 0.6) is 11.5 Å². The molecular weight excluding hydrogens is 368 g/mol. The average Bonchev–Trinajstić information content (AvgIpc) is 2.95. The van der Waals surface area contributed by atoms with Crippen molar-refractivity contribution in [1.82, 2.24) is 10.6 Å². The normalized spacial score (nSPS) is 14.8. The number of rotatable bonds is 7. The summed E-state index contributed by atoms with van der Waals surface area (Å²) in [7, 11) is 0. The number of nitrogens with one attached hydrogen (secondary N) is 2. The number of ether oxygens (including phenoxy) is 2. The van der Waals surface area contributed by atoms with Crippen molar-refractivity contribution >= 4 is 29.6 Å². The van der Waals surface area contributed by atoms with Gasteiger partial charge in [-0.3, -0.25) is 10.1 Å². The first-order chi connectivity index (χ1) is 13.0. The Labute approximate surface area is 162 Å². The van der Waals surface area contributed by atoms with Crippen molar-refractivity contribution in [3.63, 3.8) is 0 Å². The Morgan fingerprint density at radius 2 is 1.74 bits per heavy atom. The van der Waals surface area contributed by atoms with Crippen molar-refractivity contribution in [2.45, 2.75) is 13.3 Å². The van der Waals surface area contributed by atoms with Crippen LogP contribution in [0.2, 0.25) is 5.02 Å². The van der Waals surface area contributed by atoms with Gasteiger partial charge in [-0.15, -0.1) is 0 Å². The van der Waals surface area contributed by atoms with E-state index in [1.54, 1.807) is 12.1 Å². The van der Waals surface area contributed by atoms with Crippen molar-refractivity contribution in [2.24, 2.45) is 0 Å². The maximum atomic E-state index is 11.6. The number of aryl methyl sites for hydroxylation is 1. The third-order valence-corrected chi connectivity index (χ3v) is 4.27. The van der Waals surface area contributed by atoms with E-state index in [2.05, 4.69) is 10.6 Å². The summed E-state index contributed by atoms with van der Waals surface area (Å²) in [6, 6.07) is 12.3. The van der Waals surface area contributed by atoms with Gasteiger partial charge in [0.05, 0.1) is 13.2 Å². The second kappa shape index (κ2) is 8.60. The molecule has 0 unspecified atom stereocenters. The maximum Gasteiger partial charge on any atom is 0.326 e. The zero-order valence-electron chi connectivity index (χ0n) is 14.8. The molecule has 0 bridgehead atoms. The van der Waals surface area contributed by atoms with Gasteiger partial charge in [-0.1, -0.05) is 23.7 Å². The number of benzene rings is 2. The molecule has 2 aromatic rings. The predicted molar refractivity (Wildman–Crippen MR) is 103 cm³/mol. The van der Waals surface area contributed by atoms with E-state index in [1.165, 1.54) is 0 Å². The molecule has 6 nitrogen and oxygen atoms in total. The smallest absolute Gasteiger partial charge is 0.326 e. The van der Waals surface area contributed by atoms with Gasteiger partial charge < -0.3 is 14.8 Å². The molecular formula is C20H19ClN2O4. The van der Waals surface area contributed by atoms with Gasteiger partial charge in [0.2, 0.25) is 0 Å². The van der Waals surface area contributed by atoms with Crippen LogP contribution in [0.15, 0.2) is 48.2 Å². The van der Waals surface area contributed by atoms with Crippen LogP contribution in [0.4, 0.5) is 4.79 Å². The molecule has 1 heterocycles. The standard InChI is InChI=1S/C20H19ClN2O4/c1-13-10-16(6-7-17(13)21)27-9-3-8-26-15-5-2-4-14(11-15)12-18-19(24)23-20(25)22-18/h2,4-7,10-12H,3,8-9H2,1H3,(H2,22,23,24,25). The first-order valence-corrected chi connectivity index (χ1v) is 8.85. The number of hydrogen-bond acceptors (Lipinski definition) is 4. The molecule has 2 N–H and O–H groups in total. The highest BCUT2D eigenvalue weighted by Crippen LogP contribution is 2.21.